The van der Waals surface area contributed by atoms with E-state index in [1.807, 2.05) is 0 Å². The Balaban J connectivity index is 3.31. The van der Waals surface area contributed by atoms with Crippen LogP contribution in [-0.4, -0.2) is 25.3 Å². The maximum atomic E-state index is 12.5. The van der Waals surface area contributed by atoms with Crippen molar-refractivity contribution in [1.82, 2.24) is 0 Å². The minimum Gasteiger partial charge on any atom is -0.478 e. The third kappa shape index (κ3) is 4.42. The van der Waals surface area contributed by atoms with Gasteiger partial charge in [-0.15, -0.1) is 0 Å². The van der Waals surface area contributed by atoms with Gasteiger partial charge in [0.2, 0.25) is 0 Å². The lowest BCUT2D eigenvalue weighted by Gasteiger charge is -2.17. The van der Waals surface area contributed by atoms with Crippen molar-refractivity contribution in [2.24, 2.45) is 0 Å². The van der Waals surface area contributed by atoms with E-state index >= 15 is 0 Å². The van der Waals surface area contributed by atoms with Crippen LogP contribution in [0.15, 0.2) is 47.0 Å². The Morgan fingerprint density at radius 3 is 2.25 bits per heavy atom. The second-order valence-corrected chi connectivity index (χ2v) is 6.74. The lowest BCUT2D eigenvalue weighted by molar-refractivity contribution is -0.131. The van der Waals surface area contributed by atoms with Crippen LogP contribution in [0.5, 0.6) is 0 Å². The van der Waals surface area contributed by atoms with Gasteiger partial charge in [-0.1, -0.05) is 34.1 Å². The fraction of sp³-hybridized carbons (Fsp3) is 0.154. The second-order valence-electron chi connectivity index (χ2n) is 3.62. The van der Waals surface area contributed by atoms with Crippen molar-refractivity contribution >= 4 is 34.8 Å². The predicted octanol–water partition coefficient (Wildman–Crippen LogP) is 3.92. The first-order valence-electron chi connectivity index (χ1n) is 5.52. The fourth-order valence-electron chi connectivity index (χ4n) is 1.46. The van der Waals surface area contributed by atoms with Crippen LogP contribution < -0.4 is 0 Å². The van der Waals surface area contributed by atoms with Gasteiger partial charge in [0.1, 0.15) is 0 Å². The van der Waals surface area contributed by atoms with Crippen molar-refractivity contribution in [3.8, 4) is 0 Å². The zero-order valence-electron chi connectivity index (χ0n) is 10.9. The van der Waals surface area contributed by atoms with Gasteiger partial charge in [-0.3, -0.25) is 4.57 Å². The quantitative estimate of drug-likeness (QED) is 0.472. The number of hydrogen-bond acceptors (Lipinski definition) is 4. The molecule has 0 spiro atoms. The van der Waals surface area contributed by atoms with Gasteiger partial charge in [0.05, 0.1) is 5.31 Å². The standard InChI is InChI=1S/C13H14BrO5P/c1-18-20(17,19-2)12(4-3-5-13(15)16)10-6-8-11(14)9-7-10/h3-9H,1-2H3,(H,15,16). The Labute approximate surface area is 125 Å². The molecule has 1 aromatic carbocycles. The molecule has 0 atom stereocenters. The number of hydrogen-bond donors (Lipinski definition) is 1. The van der Waals surface area contributed by atoms with Crippen LogP contribution in [0.2, 0.25) is 0 Å². The van der Waals surface area contributed by atoms with Gasteiger partial charge in [-0.2, -0.15) is 0 Å². The summed E-state index contributed by atoms with van der Waals surface area (Å²) in [5.74, 6) is -1.10. The third-order valence-corrected chi connectivity index (χ3v) is 4.90. The van der Waals surface area contributed by atoms with Gasteiger partial charge in [0.15, 0.2) is 0 Å². The molecular weight excluding hydrogens is 347 g/mol. The molecular formula is C13H14BrO5P. The molecule has 0 heterocycles. The molecule has 0 radical (unpaired) electrons. The number of halogens is 1. The number of allylic oxidation sites excluding steroid dienone is 2. The summed E-state index contributed by atoms with van der Waals surface area (Å²) in [7, 11) is -0.935. The average Bonchev–Trinajstić information content (AvgIpc) is 2.44. The van der Waals surface area contributed by atoms with Gasteiger partial charge >= 0.3 is 13.6 Å². The van der Waals surface area contributed by atoms with E-state index in [2.05, 4.69) is 15.9 Å². The van der Waals surface area contributed by atoms with Gasteiger partial charge < -0.3 is 14.2 Å². The Hall–Kier alpha value is -1.20. The number of carbonyl (C=O) groups is 1. The molecule has 0 aromatic heterocycles. The number of carboxylic acid groups (broad SMARTS) is 1. The molecule has 0 aliphatic heterocycles. The molecule has 0 bridgehead atoms. The topological polar surface area (TPSA) is 72.8 Å². The zero-order chi connectivity index (χ0) is 15.2. The second kappa shape index (κ2) is 7.55. The molecule has 1 N–H and O–H groups in total. The van der Waals surface area contributed by atoms with Gasteiger partial charge in [-0.25, -0.2) is 4.79 Å². The van der Waals surface area contributed by atoms with E-state index in [-0.39, 0.29) is 5.31 Å². The van der Waals surface area contributed by atoms with Gasteiger partial charge in [0, 0.05) is 24.8 Å². The van der Waals surface area contributed by atoms with Crippen LogP contribution in [0.1, 0.15) is 5.56 Å². The summed E-state index contributed by atoms with van der Waals surface area (Å²) in [5, 5.41) is 8.88. The molecule has 1 aromatic rings. The Kier molecular flexibility index (Phi) is 6.36. The molecule has 0 amide bonds. The van der Waals surface area contributed by atoms with Crippen LogP contribution in [-0.2, 0) is 18.4 Å². The number of rotatable bonds is 6. The van der Waals surface area contributed by atoms with Crippen molar-refractivity contribution in [1.29, 1.82) is 0 Å². The molecule has 0 saturated carbocycles. The summed E-state index contributed by atoms with van der Waals surface area (Å²) in [6.45, 7) is 0. The number of aliphatic carboxylic acids is 1. The maximum absolute atomic E-state index is 12.5. The third-order valence-electron chi connectivity index (χ3n) is 2.41. The number of carboxylic acids is 1. The first-order chi connectivity index (χ1) is 9.42. The molecule has 1 rings (SSSR count). The molecule has 0 fully saturated rings. The lowest BCUT2D eigenvalue weighted by atomic mass is 10.2. The van der Waals surface area contributed by atoms with Crippen molar-refractivity contribution < 1.29 is 23.5 Å². The van der Waals surface area contributed by atoms with E-state index in [9.17, 15) is 9.36 Å². The summed E-state index contributed by atoms with van der Waals surface area (Å²) in [6, 6.07) is 7.02. The minimum absolute atomic E-state index is 0.285. The largest absolute Gasteiger partial charge is 0.478 e. The molecule has 5 nitrogen and oxygen atoms in total. The first kappa shape index (κ1) is 16.9. The highest BCUT2D eigenvalue weighted by atomic mass is 79.9. The molecule has 0 aliphatic carbocycles. The first-order valence-corrected chi connectivity index (χ1v) is 7.86. The summed E-state index contributed by atoms with van der Waals surface area (Å²) in [6.07, 6.45) is 3.63. The molecule has 20 heavy (non-hydrogen) atoms. The highest BCUT2D eigenvalue weighted by Gasteiger charge is 2.28. The molecule has 7 heteroatoms. The monoisotopic (exact) mass is 360 g/mol. The fourth-order valence-corrected chi connectivity index (χ4v) is 3.00. The Bertz CT molecular complexity index is 569. The average molecular weight is 361 g/mol. The van der Waals surface area contributed by atoms with E-state index in [0.717, 1.165) is 10.5 Å². The van der Waals surface area contributed by atoms with Crippen LogP contribution in [0.3, 0.4) is 0 Å². The highest BCUT2D eigenvalue weighted by Crippen LogP contribution is 2.59. The van der Waals surface area contributed by atoms with Crippen LogP contribution in [0, 0.1) is 0 Å². The lowest BCUT2D eigenvalue weighted by Crippen LogP contribution is -1.93. The van der Waals surface area contributed by atoms with E-state index in [4.69, 9.17) is 14.2 Å². The van der Waals surface area contributed by atoms with Crippen molar-refractivity contribution in [2.75, 3.05) is 14.2 Å². The van der Waals surface area contributed by atoms with Gasteiger partial charge in [-0.05, 0) is 23.8 Å². The predicted molar refractivity (Wildman–Crippen MR) is 80.5 cm³/mol. The summed E-state index contributed by atoms with van der Waals surface area (Å²) in [5.41, 5.74) is 0.621. The zero-order valence-corrected chi connectivity index (χ0v) is 13.4. The SMILES string of the molecule is COP(=O)(OC)C(=CC=CC(=O)O)c1ccc(Br)cc1. The summed E-state index contributed by atoms with van der Waals surface area (Å²) in [4.78, 5) is 10.5. The maximum Gasteiger partial charge on any atom is 0.361 e. The van der Waals surface area contributed by atoms with Crippen LogP contribution in [0.25, 0.3) is 5.31 Å². The van der Waals surface area contributed by atoms with E-state index in [1.54, 1.807) is 24.3 Å². The molecule has 0 unspecified atom stereocenters. The Morgan fingerprint density at radius 2 is 1.80 bits per heavy atom. The molecule has 108 valence electrons. The van der Waals surface area contributed by atoms with E-state index < -0.39 is 13.6 Å². The smallest absolute Gasteiger partial charge is 0.361 e. The van der Waals surface area contributed by atoms with Crippen molar-refractivity contribution in [3.05, 3.63) is 52.5 Å². The Morgan fingerprint density at radius 1 is 1.25 bits per heavy atom. The number of benzene rings is 1. The summed E-state index contributed by atoms with van der Waals surface area (Å²) < 4.78 is 23.3. The summed E-state index contributed by atoms with van der Waals surface area (Å²) >= 11 is 3.31. The molecule has 0 saturated heterocycles. The van der Waals surface area contributed by atoms with Crippen LogP contribution in [0.4, 0.5) is 0 Å². The van der Waals surface area contributed by atoms with E-state index in [1.165, 1.54) is 26.4 Å². The van der Waals surface area contributed by atoms with Crippen LogP contribution >= 0.6 is 23.5 Å². The van der Waals surface area contributed by atoms with Gasteiger partial charge in [0.25, 0.3) is 0 Å². The molecule has 0 aliphatic rings. The highest BCUT2D eigenvalue weighted by molar-refractivity contribution is 9.10. The normalized spacial score (nSPS) is 12.8. The van der Waals surface area contributed by atoms with Crippen molar-refractivity contribution in [2.45, 2.75) is 0 Å². The van der Waals surface area contributed by atoms with E-state index in [0.29, 0.717) is 5.56 Å². The minimum atomic E-state index is -3.49. The van der Waals surface area contributed by atoms with Crippen molar-refractivity contribution in [3.63, 3.8) is 0 Å².